The quantitative estimate of drug-likeness (QED) is 0.746. The Morgan fingerprint density at radius 1 is 0.966 bits per heavy atom. The van der Waals surface area contributed by atoms with Crippen molar-refractivity contribution < 1.29 is 4.79 Å². The molecule has 1 amide bonds. The number of aryl methyl sites for hydroxylation is 2. The van der Waals surface area contributed by atoms with E-state index in [0.717, 1.165) is 48.7 Å². The van der Waals surface area contributed by atoms with Crippen molar-refractivity contribution in [3.63, 3.8) is 0 Å². The summed E-state index contributed by atoms with van der Waals surface area (Å²) in [6, 6.07) is 12.0. The molecule has 2 aromatic heterocycles. The van der Waals surface area contributed by atoms with Crippen molar-refractivity contribution in [2.45, 2.75) is 25.7 Å². The molecule has 1 aliphatic heterocycles. The molecule has 5 rings (SSSR count). The molecule has 1 aliphatic carbocycles. The highest BCUT2D eigenvalue weighted by Gasteiger charge is 2.26. The van der Waals surface area contributed by atoms with Gasteiger partial charge in [-0.1, -0.05) is 30.3 Å². The Kier molecular flexibility index (Phi) is 4.71. The Bertz CT molecular complexity index is 1010. The zero-order chi connectivity index (χ0) is 19.6. The van der Waals surface area contributed by atoms with Gasteiger partial charge < -0.3 is 9.80 Å². The van der Waals surface area contributed by atoms with Crippen LogP contribution in [0.5, 0.6) is 0 Å². The van der Waals surface area contributed by atoms with Gasteiger partial charge in [0.2, 0.25) is 0 Å². The van der Waals surface area contributed by atoms with Crippen LogP contribution in [0.4, 0.5) is 5.82 Å². The number of hydrogen-bond donors (Lipinski definition) is 1. The number of hydrogen-bond acceptors (Lipinski definition) is 5. The zero-order valence-corrected chi connectivity index (χ0v) is 16.3. The van der Waals surface area contributed by atoms with Crippen molar-refractivity contribution in [2.75, 3.05) is 31.1 Å². The summed E-state index contributed by atoms with van der Waals surface area (Å²) in [5.74, 6) is 0.958. The molecule has 29 heavy (non-hydrogen) atoms. The highest BCUT2D eigenvalue weighted by molar-refractivity contribution is 5.99. The minimum absolute atomic E-state index is 0.0220. The number of piperazine rings is 1. The molecule has 148 valence electrons. The Morgan fingerprint density at radius 2 is 1.76 bits per heavy atom. The lowest BCUT2D eigenvalue weighted by atomic mass is 9.97. The first-order chi connectivity index (χ1) is 14.3. The van der Waals surface area contributed by atoms with Crippen LogP contribution in [0.1, 0.15) is 34.5 Å². The maximum Gasteiger partial charge on any atom is 0.257 e. The first kappa shape index (κ1) is 17.8. The van der Waals surface area contributed by atoms with Crippen LogP contribution in [-0.2, 0) is 12.8 Å². The number of benzene rings is 1. The minimum Gasteiger partial charge on any atom is -0.352 e. The number of anilines is 1. The number of carbonyl (C=O) groups excluding carboxylic acids is 1. The molecule has 3 heterocycles. The van der Waals surface area contributed by atoms with Gasteiger partial charge in [0.05, 0.1) is 23.1 Å². The lowest BCUT2D eigenvalue weighted by Crippen LogP contribution is -2.49. The van der Waals surface area contributed by atoms with E-state index in [0.29, 0.717) is 18.7 Å². The molecule has 2 aliphatic rings. The third-order valence-corrected chi connectivity index (χ3v) is 5.88. The molecule has 0 radical (unpaired) electrons. The Morgan fingerprint density at radius 3 is 2.59 bits per heavy atom. The Hall–Kier alpha value is -3.22. The fourth-order valence-electron chi connectivity index (χ4n) is 4.22. The standard InChI is InChI=1S/C22H24N6O/c29-22(18-15-23-26-21(18)16-6-2-1-3-7-16)28-12-10-27(11-13-28)20-14-17-8-4-5-9-19(17)24-25-20/h1-3,6-7,14-15H,4-5,8-13H2,(H,23,26). The van der Waals surface area contributed by atoms with Gasteiger partial charge in [-0.2, -0.15) is 10.2 Å². The van der Waals surface area contributed by atoms with E-state index in [-0.39, 0.29) is 5.91 Å². The molecule has 3 aromatic rings. The minimum atomic E-state index is 0.0220. The second kappa shape index (κ2) is 7.66. The number of nitrogens with zero attached hydrogens (tertiary/aromatic N) is 5. The SMILES string of the molecule is O=C(c1cn[nH]c1-c1ccccc1)N1CCN(c2cc3c(nn2)CCCC3)CC1. The molecule has 1 aromatic carbocycles. The van der Waals surface area contributed by atoms with Gasteiger partial charge in [0.25, 0.3) is 5.91 Å². The summed E-state index contributed by atoms with van der Waals surface area (Å²) in [7, 11) is 0. The molecule has 0 unspecified atom stereocenters. The maximum absolute atomic E-state index is 13.1. The van der Waals surface area contributed by atoms with Crippen LogP contribution in [0.25, 0.3) is 11.3 Å². The number of H-pyrrole nitrogens is 1. The van der Waals surface area contributed by atoms with E-state index in [1.165, 1.54) is 18.4 Å². The van der Waals surface area contributed by atoms with Crippen molar-refractivity contribution in [1.29, 1.82) is 0 Å². The highest BCUT2D eigenvalue weighted by Crippen LogP contribution is 2.25. The molecule has 1 N–H and O–H groups in total. The number of aromatic nitrogens is 4. The average Bonchev–Trinajstić information content (AvgIpc) is 3.29. The second-order valence-corrected chi connectivity index (χ2v) is 7.69. The molecule has 1 saturated heterocycles. The molecule has 0 bridgehead atoms. The van der Waals surface area contributed by atoms with Crippen molar-refractivity contribution in [3.05, 3.63) is 59.4 Å². The van der Waals surface area contributed by atoms with Gasteiger partial charge in [0.1, 0.15) is 0 Å². The van der Waals surface area contributed by atoms with Crippen molar-refractivity contribution in [2.24, 2.45) is 0 Å². The number of carbonyl (C=O) groups is 1. The predicted octanol–water partition coefficient (Wildman–Crippen LogP) is 2.71. The lowest BCUT2D eigenvalue weighted by molar-refractivity contribution is 0.0747. The summed E-state index contributed by atoms with van der Waals surface area (Å²) < 4.78 is 0. The van der Waals surface area contributed by atoms with Gasteiger partial charge in [0.15, 0.2) is 5.82 Å². The average molecular weight is 388 g/mol. The van der Waals surface area contributed by atoms with E-state index < -0.39 is 0 Å². The van der Waals surface area contributed by atoms with E-state index in [4.69, 9.17) is 0 Å². The second-order valence-electron chi connectivity index (χ2n) is 7.69. The molecule has 7 nitrogen and oxygen atoms in total. The van der Waals surface area contributed by atoms with Crippen molar-refractivity contribution in [3.8, 4) is 11.3 Å². The van der Waals surface area contributed by atoms with Gasteiger partial charge in [-0.3, -0.25) is 9.89 Å². The molecule has 0 spiro atoms. The highest BCUT2D eigenvalue weighted by atomic mass is 16.2. The Labute approximate surface area is 169 Å². The lowest BCUT2D eigenvalue weighted by Gasteiger charge is -2.35. The molecule has 0 atom stereocenters. The molecular formula is C22H24N6O. The normalized spacial score (nSPS) is 16.6. The summed E-state index contributed by atoms with van der Waals surface area (Å²) in [5, 5.41) is 16.0. The summed E-state index contributed by atoms with van der Waals surface area (Å²) in [4.78, 5) is 17.2. The van der Waals surface area contributed by atoms with E-state index in [2.05, 4.69) is 31.4 Å². The number of rotatable bonds is 3. The molecule has 0 saturated carbocycles. The largest absolute Gasteiger partial charge is 0.352 e. The van der Waals surface area contributed by atoms with Crippen molar-refractivity contribution in [1.82, 2.24) is 25.3 Å². The van der Waals surface area contributed by atoms with Crippen LogP contribution in [0.15, 0.2) is 42.6 Å². The third kappa shape index (κ3) is 3.48. The number of fused-ring (bicyclic) bond motifs is 1. The summed E-state index contributed by atoms with van der Waals surface area (Å²) in [6.07, 6.45) is 6.21. The number of nitrogens with one attached hydrogen (secondary N) is 1. The van der Waals surface area contributed by atoms with Gasteiger partial charge in [-0.25, -0.2) is 0 Å². The van der Waals surface area contributed by atoms with E-state index >= 15 is 0 Å². The van der Waals surface area contributed by atoms with E-state index in [1.807, 2.05) is 35.2 Å². The van der Waals surface area contributed by atoms with Gasteiger partial charge >= 0.3 is 0 Å². The van der Waals surface area contributed by atoms with Gasteiger partial charge in [0, 0.05) is 31.7 Å². The molecule has 1 fully saturated rings. The van der Waals surface area contributed by atoms with Crippen LogP contribution in [0.3, 0.4) is 0 Å². The number of aromatic amines is 1. The van der Waals surface area contributed by atoms with Crippen LogP contribution in [-0.4, -0.2) is 57.4 Å². The zero-order valence-electron chi connectivity index (χ0n) is 16.3. The topological polar surface area (TPSA) is 78.0 Å². The molecular weight excluding hydrogens is 364 g/mol. The van der Waals surface area contributed by atoms with Crippen molar-refractivity contribution >= 4 is 11.7 Å². The third-order valence-electron chi connectivity index (χ3n) is 5.88. The van der Waals surface area contributed by atoms with Gasteiger partial charge in [-0.15, -0.1) is 5.10 Å². The van der Waals surface area contributed by atoms with Crippen LogP contribution in [0, 0.1) is 0 Å². The summed E-state index contributed by atoms with van der Waals surface area (Å²) in [5.41, 5.74) is 4.86. The molecule has 7 heteroatoms. The number of amides is 1. The Balaban J connectivity index is 1.28. The monoisotopic (exact) mass is 388 g/mol. The van der Waals surface area contributed by atoms with Crippen LogP contribution < -0.4 is 4.90 Å². The maximum atomic E-state index is 13.1. The fraction of sp³-hybridized carbons (Fsp3) is 0.364. The summed E-state index contributed by atoms with van der Waals surface area (Å²) >= 11 is 0. The first-order valence-corrected chi connectivity index (χ1v) is 10.3. The van der Waals surface area contributed by atoms with Crippen LogP contribution in [0.2, 0.25) is 0 Å². The smallest absolute Gasteiger partial charge is 0.257 e. The fourth-order valence-corrected chi connectivity index (χ4v) is 4.22. The first-order valence-electron chi connectivity index (χ1n) is 10.3. The van der Waals surface area contributed by atoms with Gasteiger partial charge in [-0.05, 0) is 37.3 Å². The summed E-state index contributed by atoms with van der Waals surface area (Å²) in [6.45, 7) is 2.85. The van der Waals surface area contributed by atoms with Crippen LogP contribution >= 0.6 is 0 Å². The predicted molar refractivity (Wildman–Crippen MR) is 111 cm³/mol. The van der Waals surface area contributed by atoms with E-state index in [1.54, 1.807) is 6.20 Å². The van der Waals surface area contributed by atoms with E-state index in [9.17, 15) is 4.79 Å².